The fourth-order valence-corrected chi connectivity index (χ4v) is 3.49. The SMILES string of the molecule is CCCc1nc2c(c(=O)[nH]c(=O)n2CCC)n1COCC[Si](C)(C)C. The molecule has 2 aromatic heterocycles. The second-order valence-corrected chi connectivity index (χ2v) is 13.3. The van der Waals surface area contributed by atoms with Crippen LogP contribution in [0.4, 0.5) is 0 Å². The van der Waals surface area contributed by atoms with Crippen LogP contribution in [0, 0.1) is 0 Å². The molecule has 0 aliphatic carbocycles. The Balaban J connectivity index is 2.42. The predicted octanol–water partition coefficient (Wildman–Crippen LogP) is 2.56. The maximum absolute atomic E-state index is 12.4. The van der Waals surface area contributed by atoms with Gasteiger partial charge in [-0.3, -0.25) is 18.9 Å². The van der Waals surface area contributed by atoms with Crippen LogP contribution >= 0.6 is 0 Å². The normalized spacial score (nSPS) is 12.2. The van der Waals surface area contributed by atoms with Crippen molar-refractivity contribution in [3.63, 3.8) is 0 Å². The van der Waals surface area contributed by atoms with Crippen molar-refractivity contribution in [1.82, 2.24) is 19.1 Å². The molecule has 0 saturated carbocycles. The molecule has 0 bridgehead atoms. The highest BCUT2D eigenvalue weighted by molar-refractivity contribution is 6.76. The van der Waals surface area contributed by atoms with E-state index < -0.39 is 19.3 Å². The average molecular weight is 367 g/mol. The van der Waals surface area contributed by atoms with Gasteiger partial charge >= 0.3 is 5.69 Å². The minimum atomic E-state index is -1.16. The van der Waals surface area contributed by atoms with E-state index in [1.807, 2.05) is 11.5 Å². The van der Waals surface area contributed by atoms with Gasteiger partial charge in [0.05, 0.1) is 0 Å². The third-order valence-electron chi connectivity index (χ3n) is 4.10. The molecule has 0 aliphatic rings. The number of aromatic amines is 1. The highest BCUT2D eigenvalue weighted by Gasteiger charge is 2.18. The molecule has 2 heterocycles. The van der Waals surface area contributed by atoms with E-state index in [1.54, 1.807) is 4.57 Å². The Hall–Kier alpha value is -1.67. The Morgan fingerprint density at radius 3 is 2.44 bits per heavy atom. The summed E-state index contributed by atoms with van der Waals surface area (Å²) in [7, 11) is -1.16. The van der Waals surface area contributed by atoms with Crippen molar-refractivity contribution in [2.24, 2.45) is 0 Å². The number of ether oxygens (including phenoxy) is 1. The van der Waals surface area contributed by atoms with Crippen LogP contribution in [0.15, 0.2) is 9.59 Å². The molecule has 0 amide bonds. The van der Waals surface area contributed by atoms with Gasteiger partial charge in [-0.1, -0.05) is 33.5 Å². The van der Waals surface area contributed by atoms with Crippen LogP contribution in [0.5, 0.6) is 0 Å². The lowest BCUT2D eigenvalue weighted by molar-refractivity contribution is 0.0877. The molecule has 25 heavy (non-hydrogen) atoms. The largest absolute Gasteiger partial charge is 0.361 e. The van der Waals surface area contributed by atoms with E-state index in [9.17, 15) is 9.59 Å². The van der Waals surface area contributed by atoms with Gasteiger partial charge in [0.2, 0.25) is 0 Å². The Kier molecular flexibility index (Phi) is 6.40. The molecule has 1 N–H and O–H groups in total. The number of rotatable bonds is 9. The molecule has 0 saturated heterocycles. The third-order valence-corrected chi connectivity index (χ3v) is 5.81. The average Bonchev–Trinajstić information content (AvgIpc) is 2.86. The van der Waals surface area contributed by atoms with Gasteiger partial charge in [0, 0.05) is 27.6 Å². The Labute approximate surface area is 149 Å². The fourth-order valence-electron chi connectivity index (χ4n) is 2.74. The van der Waals surface area contributed by atoms with Gasteiger partial charge in [-0.05, 0) is 18.9 Å². The molecule has 7 nitrogen and oxygen atoms in total. The number of hydrogen-bond donors (Lipinski definition) is 1. The van der Waals surface area contributed by atoms with Crippen LogP contribution in [0.1, 0.15) is 32.5 Å². The van der Waals surface area contributed by atoms with Crippen LogP contribution in [0.3, 0.4) is 0 Å². The van der Waals surface area contributed by atoms with Gasteiger partial charge in [-0.15, -0.1) is 0 Å². The van der Waals surface area contributed by atoms with Gasteiger partial charge in [0.15, 0.2) is 11.2 Å². The van der Waals surface area contributed by atoms with Crippen molar-refractivity contribution in [3.05, 3.63) is 26.7 Å². The monoisotopic (exact) mass is 366 g/mol. The van der Waals surface area contributed by atoms with Gasteiger partial charge < -0.3 is 4.74 Å². The first-order valence-electron chi connectivity index (χ1n) is 9.08. The summed E-state index contributed by atoms with van der Waals surface area (Å²) in [6, 6.07) is 1.07. The molecule has 140 valence electrons. The molecule has 0 radical (unpaired) electrons. The summed E-state index contributed by atoms with van der Waals surface area (Å²) in [5.41, 5.74) is 0.111. The third kappa shape index (κ3) is 4.69. The number of H-pyrrole nitrogens is 1. The van der Waals surface area contributed by atoms with Crippen LogP contribution < -0.4 is 11.2 Å². The van der Waals surface area contributed by atoms with E-state index in [-0.39, 0.29) is 0 Å². The fraction of sp³-hybridized carbons (Fsp3) is 0.706. The molecule has 0 unspecified atom stereocenters. The van der Waals surface area contributed by atoms with E-state index in [4.69, 9.17) is 4.74 Å². The van der Waals surface area contributed by atoms with E-state index in [1.165, 1.54) is 0 Å². The smallest absolute Gasteiger partial charge is 0.330 e. The summed E-state index contributed by atoms with van der Waals surface area (Å²) in [6.07, 6.45) is 2.45. The molecule has 0 aromatic carbocycles. The standard InChI is InChI=1S/C17H30N4O3Si/c1-6-8-13-18-15-14(16(22)19-17(23)20(15)9-7-2)21(13)12-24-10-11-25(3,4)5/h6-12H2,1-5H3,(H,19,22,23). The minimum Gasteiger partial charge on any atom is -0.361 e. The maximum Gasteiger partial charge on any atom is 0.330 e. The number of imidazole rings is 1. The molecular weight excluding hydrogens is 336 g/mol. The quantitative estimate of drug-likeness (QED) is 0.546. The summed E-state index contributed by atoms with van der Waals surface area (Å²) in [5, 5.41) is 0. The van der Waals surface area contributed by atoms with Crippen molar-refractivity contribution in [3.8, 4) is 0 Å². The summed E-state index contributed by atoms with van der Waals surface area (Å²) in [5.74, 6) is 0.798. The zero-order valence-electron chi connectivity index (χ0n) is 16.0. The maximum atomic E-state index is 12.4. The number of fused-ring (bicyclic) bond motifs is 1. The zero-order valence-corrected chi connectivity index (χ0v) is 17.0. The van der Waals surface area contributed by atoms with Crippen LogP contribution in [0.25, 0.3) is 11.2 Å². The van der Waals surface area contributed by atoms with Crippen LogP contribution in [-0.2, 0) is 24.4 Å². The van der Waals surface area contributed by atoms with Crippen molar-refractivity contribution >= 4 is 19.2 Å². The van der Waals surface area contributed by atoms with Crippen molar-refractivity contribution in [2.45, 2.75) is 72.1 Å². The topological polar surface area (TPSA) is 81.9 Å². The molecule has 0 aliphatic heterocycles. The number of aromatic nitrogens is 4. The van der Waals surface area contributed by atoms with E-state index in [0.717, 1.165) is 31.1 Å². The van der Waals surface area contributed by atoms with Gasteiger partial charge in [-0.2, -0.15) is 0 Å². The van der Waals surface area contributed by atoms with E-state index in [0.29, 0.717) is 31.0 Å². The summed E-state index contributed by atoms with van der Waals surface area (Å²) >= 11 is 0. The number of aryl methyl sites for hydroxylation is 2. The molecule has 8 heteroatoms. The van der Waals surface area contributed by atoms with Crippen molar-refractivity contribution in [1.29, 1.82) is 0 Å². The van der Waals surface area contributed by atoms with Crippen molar-refractivity contribution in [2.75, 3.05) is 6.61 Å². The van der Waals surface area contributed by atoms with Gasteiger partial charge in [0.25, 0.3) is 5.56 Å². The zero-order chi connectivity index (χ0) is 18.6. The lowest BCUT2D eigenvalue weighted by Crippen LogP contribution is -2.31. The lowest BCUT2D eigenvalue weighted by Gasteiger charge is -2.16. The van der Waals surface area contributed by atoms with E-state index >= 15 is 0 Å². The first-order valence-corrected chi connectivity index (χ1v) is 12.8. The first-order chi connectivity index (χ1) is 11.8. The number of nitrogens with one attached hydrogen (secondary N) is 1. The molecule has 2 aromatic rings. The predicted molar refractivity (Wildman–Crippen MR) is 103 cm³/mol. The molecular formula is C17H30N4O3Si. The van der Waals surface area contributed by atoms with Crippen LogP contribution in [-0.4, -0.2) is 33.8 Å². The first kappa shape index (κ1) is 19.6. The van der Waals surface area contributed by atoms with Gasteiger partial charge in [-0.25, -0.2) is 9.78 Å². The Bertz CT molecular complexity index is 829. The Morgan fingerprint density at radius 2 is 1.84 bits per heavy atom. The Morgan fingerprint density at radius 1 is 1.12 bits per heavy atom. The molecule has 0 atom stereocenters. The lowest BCUT2D eigenvalue weighted by atomic mass is 10.3. The van der Waals surface area contributed by atoms with E-state index in [2.05, 4.69) is 36.5 Å². The molecule has 2 rings (SSSR count). The molecule has 0 fully saturated rings. The molecule has 0 spiro atoms. The number of nitrogens with zero attached hydrogens (tertiary/aromatic N) is 3. The summed E-state index contributed by atoms with van der Waals surface area (Å²) < 4.78 is 9.23. The van der Waals surface area contributed by atoms with Crippen LogP contribution in [0.2, 0.25) is 25.7 Å². The summed E-state index contributed by atoms with van der Waals surface area (Å²) in [4.78, 5) is 31.6. The minimum absolute atomic E-state index is 0.295. The number of hydrogen-bond acceptors (Lipinski definition) is 4. The van der Waals surface area contributed by atoms with Crippen molar-refractivity contribution < 1.29 is 4.74 Å². The second kappa shape index (κ2) is 8.14. The highest BCUT2D eigenvalue weighted by atomic mass is 28.3. The van der Waals surface area contributed by atoms with Gasteiger partial charge in [0.1, 0.15) is 12.6 Å². The highest BCUT2D eigenvalue weighted by Crippen LogP contribution is 2.14. The summed E-state index contributed by atoms with van der Waals surface area (Å²) in [6.45, 7) is 12.5. The second-order valence-electron chi connectivity index (χ2n) is 7.64.